The number of aromatic amines is 1. The van der Waals surface area contributed by atoms with Crippen LogP contribution in [0.1, 0.15) is 54.7 Å². The Morgan fingerprint density at radius 1 is 1.03 bits per heavy atom. The van der Waals surface area contributed by atoms with Gasteiger partial charge in [-0.05, 0) is 74.3 Å². The molecule has 0 amide bonds. The van der Waals surface area contributed by atoms with Crippen molar-refractivity contribution in [3.05, 3.63) is 70.9 Å². The van der Waals surface area contributed by atoms with Crippen LogP contribution in [0.2, 0.25) is 0 Å². The van der Waals surface area contributed by atoms with Crippen molar-refractivity contribution < 1.29 is 17.9 Å². The number of imidazole rings is 1. The van der Waals surface area contributed by atoms with E-state index in [-0.39, 0.29) is 23.4 Å². The third-order valence-corrected chi connectivity index (χ3v) is 6.83. The van der Waals surface area contributed by atoms with Crippen molar-refractivity contribution in [3.63, 3.8) is 0 Å². The Hall–Kier alpha value is -2.93. The molecule has 1 aliphatic rings. The molecule has 1 aliphatic carbocycles. The molecule has 0 saturated heterocycles. The van der Waals surface area contributed by atoms with Gasteiger partial charge in [0.25, 0.3) is 0 Å². The summed E-state index contributed by atoms with van der Waals surface area (Å²) in [5.41, 5.74) is 3.05. The lowest BCUT2D eigenvalue weighted by Gasteiger charge is -2.33. The van der Waals surface area contributed by atoms with E-state index in [9.17, 15) is 13.2 Å². The van der Waals surface area contributed by atoms with Gasteiger partial charge in [0.2, 0.25) is 0 Å². The first-order valence-corrected chi connectivity index (χ1v) is 10.9. The normalized spacial score (nSPS) is 20.2. The highest BCUT2D eigenvalue weighted by atomic mass is 19.2. The average Bonchev–Trinajstić information content (AvgIpc) is 3.22. The van der Waals surface area contributed by atoms with Gasteiger partial charge in [-0.3, -0.25) is 4.98 Å². The third-order valence-electron chi connectivity index (χ3n) is 6.83. The van der Waals surface area contributed by atoms with Gasteiger partial charge in [-0.15, -0.1) is 0 Å². The van der Waals surface area contributed by atoms with Gasteiger partial charge < -0.3 is 9.72 Å². The van der Waals surface area contributed by atoms with Gasteiger partial charge in [0.15, 0.2) is 11.6 Å². The summed E-state index contributed by atoms with van der Waals surface area (Å²) in [5, 5.41) is 0.871. The van der Waals surface area contributed by atoms with E-state index in [0.29, 0.717) is 22.8 Å². The molecule has 7 heteroatoms. The Bertz CT molecular complexity index is 1290. The molecule has 32 heavy (non-hydrogen) atoms. The number of pyridine rings is 1. The zero-order valence-corrected chi connectivity index (χ0v) is 18.0. The maximum Gasteiger partial charge on any atom is 0.163 e. The minimum atomic E-state index is -0.900. The molecule has 4 aromatic rings. The van der Waals surface area contributed by atoms with Gasteiger partial charge in [0.1, 0.15) is 17.7 Å². The van der Waals surface area contributed by atoms with Crippen molar-refractivity contribution in [1.29, 1.82) is 0 Å². The molecule has 0 bridgehead atoms. The van der Waals surface area contributed by atoms with E-state index >= 15 is 0 Å². The molecule has 0 aliphatic heterocycles. The summed E-state index contributed by atoms with van der Waals surface area (Å²) >= 11 is 0. The quantitative estimate of drug-likeness (QED) is 0.395. The summed E-state index contributed by atoms with van der Waals surface area (Å²) in [5.74, 6) is -0.885. The number of hydrogen-bond donors (Lipinski definition) is 1. The van der Waals surface area contributed by atoms with Crippen molar-refractivity contribution >= 4 is 21.9 Å². The molecule has 0 unspecified atom stereocenters. The predicted octanol–water partition coefficient (Wildman–Crippen LogP) is 6.50. The second-order valence-electron chi connectivity index (χ2n) is 8.64. The first-order valence-electron chi connectivity index (χ1n) is 10.9. The minimum Gasteiger partial charge on any atom is -0.373 e. The van der Waals surface area contributed by atoms with E-state index in [1.165, 1.54) is 13.0 Å². The highest BCUT2D eigenvalue weighted by Crippen LogP contribution is 2.43. The molecule has 2 aromatic carbocycles. The van der Waals surface area contributed by atoms with E-state index in [1.807, 2.05) is 6.07 Å². The average molecular weight is 439 g/mol. The van der Waals surface area contributed by atoms with Crippen LogP contribution in [0.25, 0.3) is 21.9 Å². The number of hydrogen-bond acceptors (Lipinski definition) is 3. The highest BCUT2D eigenvalue weighted by Gasteiger charge is 2.32. The molecule has 2 aromatic heterocycles. The van der Waals surface area contributed by atoms with Crippen LogP contribution in [0.3, 0.4) is 0 Å². The second kappa shape index (κ2) is 8.20. The fraction of sp³-hybridized carbons (Fsp3) is 0.360. The van der Waals surface area contributed by atoms with Gasteiger partial charge in [0.05, 0.1) is 16.6 Å². The molecule has 4 nitrogen and oxygen atoms in total. The Morgan fingerprint density at radius 2 is 1.81 bits per heavy atom. The summed E-state index contributed by atoms with van der Waals surface area (Å²) < 4.78 is 47.4. The van der Waals surface area contributed by atoms with E-state index in [0.717, 1.165) is 48.2 Å². The fourth-order valence-corrected chi connectivity index (χ4v) is 5.16. The number of nitrogens with zero attached hydrogens (tertiary/aromatic N) is 2. The molecule has 2 heterocycles. The Kier molecular flexibility index (Phi) is 5.37. The largest absolute Gasteiger partial charge is 0.373 e. The van der Waals surface area contributed by atoms with Crippen LogP contribution in [0, 0.1) is 30.3 Å². The van der Waals surface area contributed by atoms with Crippen LogP contribution in [0.5, 0.6) is 0 Å². The number of methoxy groups -OCH3 is 1. The number of fused-ring (bicyclic) bond motifs is 2. The second-order valence-corrected chi connectivity index (χ2v) is 8.64. The summed E-state index contributed by atoms with van der Waals surface area (Å²) in [6, 6.07) is 7.83. The molecule has 1 saturated carbocycles. The maximum atomic E-state index is 14.0. The van der Waals surface area contributed by atoms with Gasteiger partial charge in [0, 0.05) is 30.3 Å². The van der Waals surface area contributed by atoms with Gasteiger partial charge >= 0.3 is 0 Å². The molecular weight excluding hydrogens is 415 g/mol. The van der Waals surface area contributed by atoms with Gasteiger partial charge in [-0.1, -0.05) is 0 Å². The lowest BCUT2D eigenvalue weighted by Crippen LogP contribution is -2.22. The van der Waals surface area contributed by atoms with Crippen molar-refractivity contribution in [2.75, 3.05) is 7.11 Å². The molecule has 166 valence electrons. The van der Waals surface area contributed by atoms with Gasteiger partial charge in [-0.25, -0.2) is 18.2 Å². The molecule has 5 rings (SSSR count). The van der Waals surface area contributed by atoms with E-state index in [1.54, 1.807) is 25.4 Å². The van der Waals surface area contributed by atoms with Crippen molar-refractivity contribution in [1.82, 2.24) is 15.0 Å². The predicted molar refractivity (Wildman–Crippen MR) is 117 cm³/mol. The van der Waals surface area contributed by atoms with Crippen LogP contribution in [-0.2, 0) is 4.74 Å². The first-order chi connectivity index (χ1) is 15.5. The fourth-order valence-electron chi connectivity index (χ4n) is 5.16. The number of H-pyrrole nitrogens is 1. The zero-order chi connectivity index (χ0) is 22.4. The minimum absolute atomic E-state index is 0.217. The number of rotatable bonds is 4. The van der Waals surface area contributed by atoms with Crippen LogP contribution in [0.4, 0.5) is 13.2 Å². The molecular formula is C25H24F3N3O. The topological polar surface area (TPSA) is 50.8 Å². The van der Waals surface area contributed by atoms with Crippen molar-refractivity contribution in [3.8, 4) is 0 Å². The lowest BCUT2D eigenvalue weighted by molar-refractivity contribution is 0.0274. The summed E-state index contributed by atoms with van der Waals surface area (Å²) in [4.78, 5) is 12.0. The highest BCUT2D eigenvalue weighted by molar-refractivity contribution is 5.82. The number of nitrogens with one attached hydrogen (secondary N) is 1. The van der Waals surface area contributed by atoms with Crippen LogP contribution < -0.4 is 0 Å². The van der Waals surface area contributed by atoms with Crippen LogP contribution in [-0.4, -0.2) is 22.1 Å². The lowest BCUT2D eigenvalue weighted by atomic mass is 9.76. The molecule has 1 N–H and O–H groups in total. The molecule has 1 atom stereocenters. The van der Waals surface area contributed by atoms with Gasteiger partial charge in [-0.2, -0.15) is 0 Å². The van der Waals surface area contributed by atoms with Crippen LogP contribution in [0.15, 0.2) is 36.5 Å². The zero-order valence-electron chi connectivity index (χ0n) is 18.0. The third kappa shape index (κ3) is 3.54. The number of halogens is 3. The SMILES string of the molecule is CO[C@@H](c1nc2cc(F)c(F)c(C)c2[nH]1)[C@H]1CC[C@@H](c2ccnc3ccc(F)cc32)CC1. The molecule has 1 fully saturated rings. The molecule has 0 spiro atoms. The van der Waals surface area contributed by atoms with Crippen LogP contribution >= 0.6 is 0 Å². The number of benzene rings is 2. The maximum absolute atomic E-state index is 14.0. The Balaban J connectivity index is 1.38. The molecule has 0 radical (unpaired) electrons. The summed E-state index contributed by atoms with van der Waals surface area (Å²) in [6.45, 7) is 1.54. The number of ether oxygens (including phenoxy) is 1. The number of aryl methyl sites for hydroxylation is 1. The Morgan fingerprint density at radius 3 is 2.56 bits per heavy atom. The van der Waals surface area contributed by atoms with E-state index in [2.05, 4.69) is 15.0 Å². The standard InChI is InChI=1S/C25H24F3N3O/c1-13-22(28)19(27)12-21-23(13)31-25(30-21)24(32-2)15-5-3-14(4-6-15)17-9-10-29-20-8-7-16(26)11-18(17)20/h7-12,14-15,24H,3-6H2,1-2H3,(H,30,31)/t14-,15+,24-/m1/s1. The van der Waals surface area contributed by atoms with E-state index in [4.69, 9.17) is 4.74 Å². The first kappa shape index (κ1) is 20.9. The van der Waals surface area contributed by atoms with Crippen molar-refractivity contribution in [2.45, 2.75) is 44.6 Å². The van der Waals surface area contributed by atoms with E-state index < -0.39 is 11.6 Å². The summed E-state index contributed by atoms with van der Waals surface area (Å²) in [6.07, 6.45) is 5.17. The monoisotopic (exact) mass is 439 g/mol. The number of aromatic nitrogens is 3. The smallest absolute Gasteiger partial charge is 0.163 e. The summed E-state index contributed by atoms with van der Waals surface area (Å²) in [7, 11) is 1.64. The Labute approximate surface area is 183 Å². The van der Waals surface area contributed by atoms with Crippen molar-refractivity contribution in [2.24, 2.45) is 5.92 Å².